The van der Waals surface area contributed by atoms with Gasteiger partial charge in [0, 0.05) is 19.2 Å². The number of nitro benzene ring substituents is 1. The molecule has 0 amide bonds. The Bertz CT molecular complexity index is 917. The van der Waals surface area contributed by atoms with Crippen LogP contribution in [0.1, 0.15) is 15.9 Å². The van der Waals surface area contributed by atoms with Gasteiger partial charge in [-0.2, -0.15) is 5.26 Å². The highest BCUT2D eigenvalue weighted by atomic mass is 16.6. The van der Waals surface area contributed by atoms with Crippen molar-refractivity contribution in [3.05, 3.63) is 63.7 Å². The molecule has 1 aliphatic heterocycles. The van der Waals surface area contributed by atoms with Gasteiger partial charge in [-0.05, 0) is 36.4 Å². The van der Waals surface area contributed by atoms with E-state index in [0.29, 0.717) is 43.3 Å². The monoisotopic (exact) mass is 397 g/mol. The maximum atomic E-state index is 12.2. The second-order valence-corrected chi connectivity index (χ2v) is 6.18. The summed E-state index contributed by atoms with van der Waals surface area (Å²) in [5.74, 6) is -0.115. The molecule has 0 saturated carbocycles. The van der Waals surface area contributed by atoms with Gasteiger partial charge < -0.3 is 19.1 Å². The lowest BCUT2D eigenvalue weighted by Gasteiger charge is -2.28. The van der Waals surface area contributed by atoms with Gasteiger partial charge >= 0.3 is 5.97 Å². The Morgan fingerprint density at radius 1 is 1.17 bits per heavy atom. The van der Waals surface area contributed by atoms with Gasteiger partial charge in [-0.25, -0.2) is 4.79 Å². The second kappa shape index (κ2) is 9.52. The van der Waals surface area contributed by atoms with Crippen molar-refractivity contribution in [2.24, 2.45) is 0 Å². The zero-order chi connectivity index (χ0) is 20.6. The van der Waals surface area contributed by atoms with E-state index in [2.05, 4.69) is 0 Å². The van der Waals surface area contributed by atoms with Crippen molar-refractivity contribution < 1.29 is 23.9 Å². The number of nitriles is 1. The molecule has 1 heterocycles. The first-order chi connectivity index (χ1) is 14.1. The van der Waals surface area contributed by atoms with Crippen LogP contribution in [0, 0.1) is 21.4 Å². The highest BCUT2D eigenvalue weighted by molar-refractivity contribution is 5.91. The molecule has 0 atom stereocenters. The standard InChI is InChI=1S/C20H19N3O6/c21-14-15-1-4-17(5-2-15)28-11-12-29-20(24)16-3-6-18(19(13-16)23(25)26)22-7-9-27-10-8-22/h1-6,13H,7-12H2. The molecule has 0 unspecified atom stereocenters. The third-order valence-electron chi connectivity index (χ3n) is 4.33. The van der Waals surface area contributed by atoms with Crippen LogP contribution in [0.25, 0.3) is 0 Å². The minimum Gasteiger partial charge on any atom is -0.490 e. The zero-order valence-electron chi connectivity index (χ0n) is 15.6. The predicted octanol–water partition coefficient (Wildman–Crippen LogP) is 2.54. The van der Waals surface area contributed by atoms with Crippen molar-refractivity contribution >= 4 is 17.3 Å². The van der Waals surface area contributed by atoms with Gasteiger partial charge in [-0.1, -0.05) is 0 Å². The smallest absolute Gasteiger partial charge is 0.338 e. The molecule has 3 rings (SSSR count). The number of carbonyl (C=O) groups is 1. The molecule has 150 valence electrons. The lowest BCUT2D eigenvalue weighted by molar-refractivity contribution is -0.384. The molecule has 29 heavy (non-hydrogen) atoms. The number of anilines is 1. The van der Waals surface area contributed by atoms with E-state index >= 15 is 0 Å². The minimum absolute atomic E-state index is 0.0160. The van der Waals surface area contributed by atoms with Crippen LogP contribution < -0.4 is 9.64 Å². The van der Waals surface area contributed by atoms with Gasteiger partial charge in [0.05, 0.1) is 35.3 Å². The van der Waals surface area contributed by atoms with E-state index in [1.54, 1.807) is 30.3 Å². The molecule has 9 heteroatoms. The Labute approximate surface area is 167 Å². The Morgan fingerprint density at radius 3 is 2.55 bits per heavy atom. The highest BCUT2D eigenvalue weighted by Gasteiger charge is 2.23. The number of morpholine rings is 1. The van der Waals surface area contributed by atoms with Crippen LogP contribution >= 0.6 is 0 Å². The Morgan fingerprint density at radius 2 is 1.90 bits per heavy atom. The number of esters is 1. The van der Waals surface area contributed by atoms with Crippen molar-refractivity contribution in [2.45, 2.75) is 0 Å². The van der Waals surface area contributed by atoms with E-state index < -0.39 is 10.9 Å². The Balaban J connectivity index is 1.57. The fourth-order valence-corrected chi connectivity index (χ4v) is 2.87. The van der Waals surface area contributed by atoms with Crippen molar-refractivity contribution in [1.82, 2.24) is 0 Å². The van der Waals surface area contributed by atoms with Gasteiger partial charge in [-0.3, -0.25) is 10.1 Å². The first-order valence-corrected chi connectivity index (χ1v) is 8.99. The van der Waals surface area contributed by atoms with Crippen LogP contribution in [0.2, 0.25) is 0 Å². The van der Waals surface area contributed by atoms with Crippen molar-refractivity contribution in [3.63, 3.8) is 0 Å². The third kappa shape index (κ3) is 5.21. The maximum absolute atomic E-state index is 12.2. The molecule has 1 fully saturated rings. The lowest BCUT2D eigenvalue weighted by Crippen LogP contribution is -2.36. The molecule has 0 N–H and O–H groups in total. The van der Waals surface area contributed by atoms with Crippen molar-refractivity contribution in [3.8, 4) is 11.8 Å². The number of ether oxygens (including phenoxy) is 3. The largest absolute Gasteiger partial charge is 0.490 e. The van der Waals surface area contributed by atoms with E-state index in [1.807, 2.05) is 11.0 Å². The number of rotatable bonds is 7. The lowest BCUT2D eigenvalue weighted by atomic mass is 10.1. The summed E-state index contributed by atoms with van der Waals surface area (Å²) in [4.78, 5) is 25.0. The number of nitrogens with zero attached hydrogens (tertiary/aromatic N) is 3. The topological polar surface area (TPSA) is 115 Å². The third-order valence-corrected chi connectivity index (χ3v) is 4.33. The molecule has 2 aromatic carbocycles. The number of benzene rings is 2. The summed E-state index contributed by atoms with van der Waals surface area (Å²) in [5.41, 5.74) is 0.937. The minimum atomic E-state index is -0.662. The van der Waals surface area contributed by atoms with Gasteiger partial charge in [0.25, 0.3) is 5.69 Å². The molecule has 1 saturated heterocycles. The quantitative estimate of drug-likeness (QED) is 0.303. The van der Waals surface area contributed by atoms with Crippen LogP contribution in [-0.4, -0.2) is 50.4 Å². The Kier molecular flexibility index (Phi) is 6.60. The normalized spacial score (nSPS) is 13.4. The van der Waals surface area contributed by atoms with Crippen molar-refractivity contribution in [1.29, 1.82) is 5.26 Å². The molecular weight excluding hydrogens is 378 g/mol. The van der Waals surface area contributed by atoms with Crippen LogP contribution in [0.3, 0.4) is 0 Å². The molecule has 0 aromatic heterocycles. The number of carbonyl (C=O) groups excluding carboxylic acids is 1. The average molecular weight is 397 g/mol. The van der Waals surface area contributed by atoms with Gasteiger partial charge in [0.2, 0.25) is 0 Å². The fourth-order valence-electron chi connectivity index (χ4n) is 2.87. The average Bonchev–Trinajstić information content (AvgIpc) is 2.77. The molecule has 0 radical (unpaired) electrons. The van der Waals surface area contributed by atoms with Crippen LogP contribution in [0.15, 0.2) is 42.5 Å². The number of hydrogen-bond acceptors (Lipinski definition) is 8. The first-order valence-electron chi connectivity index (χ1n) is 8.99. The van der Waals surface area contributed by atoms with Gasteiger partial charge in [-0.15, -0.1) is 0 Å². The Hall–Kier alpha value is -3.64. The summed E-state index contributed by atoms with van der Waals surface area (Å²) in [6.45, 7) is 2.21. The number of nitro groups is 1. The summed E-state index contributed by atoms with van der Waals surface area (Å²) in [6.07, 6.45) is 0. The van der Waals surface area contributed by atoms with Gasteiger partial charge in [0.15, 0.2) is 0 Å². The van der Waals surface area contributed by atoms with Crippen LogP contribution in [-0.2, 0) is 9.47 Å². The molecule has 2 aromatic rings. The summed E-state index contributed by atoms with van der Waals surface area (Å²) < 4.78 is 15.9. The molecule has 9 nitrogen and oxygen atoms in total. The predicted molar refractivity (Wildman–Crippen MR) is 103 cm³/mol. The molecular formula is C20H19N3O6. The fraction of sp³-hybridized carbons (Fsp3) is 0.300. The van der Waals surface area contributed by atoms with E-state index in [-0.39, 0.29) is 24.5 Å². The zero-order valence-corrected chi connectivity index (χ0v) is 15.6. The summed E-state index contributed by atoms with van der Waals surface area (Å²) >= 11 is 0. The highest BCUT2D eigenvalue weighted by Crippen LogP contribution is 2.30. The SMILES string of the molecule is N#Cc1ccc(OCCOC(=O)c2ccc(N3CCOCC3)c([N+](=O)[O-])c2)cc1. The molecule has 0 aliphatic carbocycles. The summed E-state index contributed by atoms with van der Waals surface area (Å²) in [7, 11) is 0. The van der Waals surface area contributed by atoms with Crippen LogP contribution in [0.5, 0.6) is 5.75 Å². The number of hydrogen-bond donors (Lipinski definition) is 0. The van der Waals surface area contributed by atoms with E-state index in [4.69, 9.17) is 19.5 Å². The molecule has 0 bridgehead atoms. The maximum Gasteiger partial charge on any atom is 0.338 e. The molecule has 0 spiro atoms. The van der Waals surface area contributed by atoms with Crippen LogP contribution in [0.4, 0.5) is 11.4 Å². The summed E-state index contributed by atoms with van der Waals surface area (Å²) in [5, 5.41) is 20.2. The summed E-state index contributed by atoms with van der Waals surface area (Å²) in [6, 6.07) is 12.9. The molecule has 1 aliphatic rings. The van der Waals surface area contributed by atoms with E-state index in [9.17, 15) is 14.9 Å². The van der Waals surface area contributed by atoms with Gasteiger partial charge in [0.1, 0.15) is 24.7 Å². The van der Waals surface area contributed by atoms with E-state index in [0.717, 1.165) is 0 Å². The second-order valence-electron chi connectivity index (χ2n) is 6.18. The van der Waals surface area contributed by atoms with Crippen molar-refractivity contribution in [2.75, 3.05) is 44.4 Å². The van der Waals surface area contributed by atoms with E-state index in [1.165, 1.54) is 12.1 Å². The first kappa shape index (κ1) is 20.1.